The predicted octanol–water partition coefficient (Wildman–Crippen LogP) is 3.83. The molecular weight excluding hydrogens is 460 g/mol. The van der Waals surface area contributed by atoms with Crippen LogP contribution in [-0.2, 0) is 32.2 Å². The first-order valence-corrected chi connectivity index (χ1v) is 11.9. The summed E-state index contributed by atoms with van der Waals surface area (Å²) in [5, 5.41) is 12.1. The van der Waals surface area contributed by atoms with Crippen molar-refractivity contribution in [1.29, 1.82) is 0 Å². The molecule has 0 aromatic heterocycles. The summed E-state index contributed by atoms with van der Waals surface area (Å²) >= 11 is 0. The van der Waals surface area contributed by atoms with Gasteiger partial charge in [-0.15, -0.1) is 0 Å². The van der Waals surface area contributed by atoms with E-state index in [2.05, 4.69) is 0 Å². The van der Waals surface area contributed by atoms with Crippen LogP contribution >= 0.6 is 0 Å². The second-order valence-corrected chi connectivity index (χ2v) is 9.03. The fourth-order valence-corrected chi connectivity index (χ4v) is 5.09. The Morgan fingerprint density at radius 2 is 1.58 bits per heavy atom. The highest BCUT2D eigenvalue weighted by molar-refractivity contribution is 6.21. The Morgan fingerprint density at radius 1 is 0.917 bits per heavy atom. The Balaban J connectivity index is 1.68. The van der Waals surface area contributed by atoms with Gasteiger partial charge in [-0.1, -0.05) is 72.8 Å². The SMILES string of the molecule is COc1cccc2c1C(=O)[C@@]1(O)C(=O)CCOC[C@@]1(OCc1ccccc1)[C@@H]2OCc1ccccc1. The number of methoxy groups -OCH3 is 1. The summed E-state index contributed by atoms with van der Waals surface area (Å²) in [5.41, 5.74) is -2.04. The van der Waals surface area contributed by atoms with Crippen LogP contribution in [0.15, 0.2) is 78.9 Å². The highest BCUT2D eigenvalue weighted by atomic mass is 16.6. The molecule has 3 aromatic carbocycles. The summed E-state index contributed by atoms with van der Waals surface area (Å²) in [6, 6.07) is 24.0. The summed E-state index contributed by atoms with van der Waals surface area (Å²) in [7, 11) is 1.44. The quantitative estimate of drug-likeness (QED) is 0.506. The summed E-state index contributed by atoms with van der Waals surface area (Å²) in [6.07, 6.45) is -1.13. The second kappa shape index (κ2) is 9.95. The molecule has 1 aliphatic heterocycles. The van der Waals surface area contributed by atoms with Gasteiger partial charge in [0.2, 0.25) is 11.4 Å². The molecule has 36 heavy (non-hydrogen) atoms. The zero-order valence-electron chi connectivity index (χ0n) is 20.0. The third kappa shape index (κ3) is 3.94. The van der Waals surface area contributed by atoms with Gasteiger partial charge < -0.3 is 24.1 Å². The molecule has 1 aliphatic carbocycles. The third-order valence-corrected chi connectivity index (χ3v) is 6.94. The van der Waals surface area contributed by atoms with E-state index < -0.39 is 28.9 Å². The summed E-state index contributed by atoms with van der Waals surface area (Å²) in [5.74, 6) is -1.17. The maximum atomic E-state index is 14.0. The van der Waals surface area contributed by atoms with Gasteiger partial charge in [-0.05, 0) is 22.8 Å². The molecule has 1 fully saturated rings. The number of carbonyl (C=O) groups is 2. The average molecular weight is 489 g/mol. The van der Waals surface area contributed by atoms with Crippen LogP contribution in [0.5, 0.6) is 5.75 Å². The number of aliphatic hydroxyl groups is 1. The van der Waals surface area contributed by atoms with Crippen molar-refractivity contribution >= 4 is 11.6 Å². The summed E-state index contributed by atoms with van der Waals surface area (Å²) in [6.45, 7) is 0.0578. The number of rotatable bonds is 7. The molecule has 0 radical (unpaired) electrons. The lowest BCUT2D eigenvalue weighted by Crippen LogP contribution is -2.71. The minimum absolute atomic E-state index is 0.0393. The third-order valence-electron chi connectivity index (χ3n) is 6.94. The first-order valence-electron chi connectivity index (χ1n) is 11.9. The van der Waals surface area contributed by atoms with Crippen LogP contribution in [0.4, 0.5) is 0 Å². The van der Waals surface area contributed by atoms with Crippen LogP contribution in [0.3, 0.4) is 0 Å². The summed E-state index contributed by atoms with van der Waals surface area (Å²) in [4.78, 5) is 27.5. The van der Waals surface area contributed by atoms with Gasteiger partial charge in [0.1, 0.15) is 11.9 Å². The molecule has 0 bridgehead atoms. The molecule has 186 valence electrons. The number of hydrogen-bond acceptors (Lipinski definition) is 7. The molecule has 0 saturated carbocycles. The van der Waals surface area contributed by atoms with Crippen molar-refractivity contribution < 1.29 is 33.6 Å². The van der Waals surface area contributed by atoms with Crippen molar-refractivity contribution in [2.75, 3.05) is 20.3 Å². The van der Waals surface area contributed by atoms with Crippen LogP contribution in [0.1, 0.15) is 39.6 Å². The molecule has 0 spiro atoms. The fraction of sp³-hybridized carbons (Fsp3) is 0.310. The second-order valence-electron chi connectivity index (χ2n) is 9.03. The highest BCUT2D eigenvalue weighted by Crippen LogP contribution is 2.52. The molecule has 7 heteroatoms. The van der Waals surface area contributed by atoms with E-state index in [1.54, 1.807) is 18.2 Å². The van der Waals surface area contributed by atoms with Crippen molar-refractivity contribution in [2.24, 2.45) is 0 Å². The monoisotopic (exact) mass is 488 g/mol. The maximum absolute atomic E-state index is 14.0. The first-order chi connectivity index (χ1) is 17.5. The fourth-order valence-electron chi connectivity index (χ4n) is 5.09. The number of ether oxygens (including phenoxy) is 4. The molecule has 7 nitrogen and oxygen atoms in total. The molecule has 1 N–H and O–H groups in total. The van der Waals surface area contributed by atoms with Gasteiger partial charge in [-0.25, -0.2) is 0 Å². The molecule has 1 saturated heterocycles. The summed E-state index contributed by atoms with van der Waals surface area (Å²) < 4.78 is 24.2. The first kappa shape index (κ1) is 24.3. The van der Waals surface area contributed by atoms with Gasteiger partial charge in [0.25, 0.3) is 0 Å². The van der Waals surface area contributed by atoms with Gasteiger partial charge in [-0.2, -0.15) is 0 Å². The molecular formula is C29H28O7. The van der Waals surface area contributed by atoms with Crippen molar-refractivity contribution in [2.45, 2.75) is 36.9 Å². The predicted molar refractivity (Wildman–Crippen MR) is 131 cm³/mol. The van der Waals surface area contributed by atoms with Crippen LogP contribution < -0.4 is 4.74 Å². The number of ketones is 2. The Hall–Kier alpha value is -3.36. The van der Waals surface area contributed by atoms with E-state index in [4.69, 9.17) is 18.9 Å². The topological polar surface area (TPSA) is 91.3 Å². The number of fused-ring (bicyclic) bond motifs is 2. The van der Waals surface area contributed by atoms with Gasteiger partial charge in [0, 0.05) is 6.42 Å². The molecule has 5 rings (SSSR count). The lowest BCUT2D eigenvalue weighted by molar-refractivity contribution is -0.245. The van der Waals surface area contributed by atoms with E-state index in [-0.39, 0.29) is 44.2 Å². The minimum atomic E-state index is -2.53. The number of carbonyl (C=O) groups excluding carboxylic acids is 2. The maximum Gasteiger partial charge on any atom is 0.220 e. The van der Waals surface area contributed by atoms with E-state index in [1.807, 2.05) is 60.7 Å². The van der Waals surface area contributed by atoms with E-state index in [9.17, 15) is 14.7 Å². The largest absolute Gasteiger partial charge is 0.496 e. The number of benzene rings is 3. The van der Waals surface area contributed by atoms with Crippen LogP contribution in [0.25, 0.3) is 0 Å². The lowest BCUT2D eigenvalue weighted by atomic mass is 9.64. The van der Waals surface area contributed by atoms with Crippen molar-refractivity contribution in [1.82, 2.24) is 0 Å². The molecule has 3 atom stereocenters. The highest BCUT2D eigenvalue weighted by Gasteiger charge is 2.70. The van der Waals surface area contributed by atoms with Gasteiger partial charge in [0.05, 0.1) is 39.1 Å². The number of Topliss-reactive ketones (excluding diaryl/α,β-unsaturated/α-hetero) is 2. The van der Waals surface area contributed by atoms with Crippen molar-refractivity contribution in [3.63, 3.8) is 0 Å². The Morgan fingerprint density at radius 3 is 2.25 bits per heavy atom. The van der Waals surface area contributed by atoms with Crippen LogP contribution in [0.2, 0.25) is 0 Å². The Kier molecular flexibility index (Phi) is 6.73. The molecule has 0 unspecified atom stereocenters. The molecule has 3 aromatic rings. The zero-order chi connectivity index (χ0) is 25.2. The van der Waals surface area contributed by atoms with Crippen LogP contribution in [0, 0.1) is 0 Å². The average Bonchev–Trinajstić information content (AvgIpc) is 3.05. The van der Waals surface area contributed by atoms with E-state index in [0.29, 0.717) is 5.56 Å². The van der Waals surface area contributed by atoms with E-state index in [0.717, 1.165) is 11.1 Å². The van der Waals surface area contributed by atoms with Crippen LogP contribution in [-0.4, -0.2) is 48.2 Å². The van der Waals surface area contributed by atoms with E-state index >= 15 is 0 Å². The Bertz CT molecular complexity index is 1240. The minimum Gasteiger partial charge on any atom is -0.496 e. The van der Waals surface area contributed by atoms with Gasteiger partial charge >= 0.3 is 0 Å². The standard InChI is InChI=1S/C29H28O7/c1-33-23-14-8-13-22-25(23)26(31)29(32)24(30)15-16-34-19-28(29,36-18-21-11-6-3-7-12-21)27(22)35-17-20-9-4-2-5-10-20/h2-14,27,32H,15-19H2,1H3/t27-,28-,29+/m1/s1. The van der Waals surface area contributed by atoms with E-state index in [1.165, 1.54) is 7.11 Å². The number of hydrogen-bond donors (Lipinski definition) is 1. The van der Waals surface area contributed by atoms with Crippen molar-refractivity contribution in [3.05, 3.63) is 101 Å². The molecule has 1 heterocycles. The lowest BCUT2D eigenvalue weighted by Gasteiger charge is -2.51. The smallest absolute Gasteiger partial charge is 0.220 e. The zero-order valence-corrected chi connectivity index (χ0v) is 20.0. The van der Waals surface area contributed by atoms with Gasteiger partial charge in [0.15, 0.2) is 11.4 Å². The van der Waals surface area contributed by atoms with Crippen molar-refractivity contribution in [3.8, 4) is 5.75 Å². The van der Waals surface area contributed by atoms with Gasteiger partial charge in [-0.3, -0.25) is 9.59 Å². The normalized spacial score (nSPS) is 25.6. The Labute approximate surface area is 209 Å². The molecule has 0 amide bonds. The molecule has 2 aliphatic rings.